The molecule has 4 heterocycles. The number of nitrogens with one attached hydrogen (secondary N) is 1. The lowest BCUT2D eigenvalue weighted by atomic mass is 10.0. The van der Waals surface area contributed by atoms with Gasteiger partial charge < -0.3 is 19.4 Å². The maximum atomic E-state index is 12.8. The van der Waals surface area contributed by atoms with Gasteiger partial charge in [0, 0.05) is 47.6 Å². The van der Waals surface area contributed by atoms with E-state index in [1.807, 2.05) is 53.0 Å². The van der Waals surface area contributed by atoms with Gasteiger partial charge >= 0.3 is 0 Å². The molecule has 0 aliphatic carbocycles. The first-order valence-electron chi connectivity index (χ1n) is 9.81. The monoisotopic (exact) mass is 419 g/mol. The number of rotatable bonds is 4. The van der Waals surface area contributed by atoms with Gasteiger partial charge in [-0.1, -0.05) is 18.2 Å². The summed E-state index contributed by atoms with van der Waals surface area (Å²) >= 11 is 1.47. The molecule has 3 aromatic heterocycles. The third-order valence-corrected chi connectivity index (χ3v) is 6.29. The van der Waals surface area contributed by atoms with Crippen molar-refractivity contribution in [1.29, 1.82) is 0 Å². The number of hydrogen-bond donors (Lipinski definition) is 1. The molecule has 7 heteroatoms. The first kappa shape index (κ1) is 18.8. The smallest absolute Gasteiger partial charge is 0.264 e. The first-order valence-corrected chi connectivity index (χ1v) is 10.7. The number of benzene rings is 1. The summed E-state index contributed by atoms with van der Waals surface area (Å²) < 4.78 is 10.9. The summed E-state index contributed by atoms with van der Waals surface area (Å²) in [7, 11) is 1.68. The highest BCUT2D eigenvalue weighted by atomic mass is 32.1. The molecule has 1 saturated heterocycles. The molecule has 1 N–H and O–H groups in total. The number of ether oxygens (including phenoxy) is 2. The number of aromatic amines is 1. The second kappa shape index (κ2) is 7.93. The fourth-order valence-electron chi connectivity index (χ4n) is 3.77. The molecule has 0 saturated carbocycles. The third-order valence-electron chi connectivity index (χ3n) is 5.37. The van der Waals surface area contributed by atoms with Gasteiger partial charge in [0.15, 0.2) is 0 Å². The van der Waals surface area contributed by atoms with Crippen molar-refractivity contribution < 1.29 is 14.3 Å². The van der Waals surface area contributed by atoms with Gasteiger partial charge in [0.1, 0.15) is 11.4 Å². The largest absolute Gasteiger partial charge is 0.496 e. The Kier molecular flexibility index (Phi) is 4.98. The van der Waals surface area contributed by atoms with E-state index in [0.29, 0.717) is 26.3 Å². The Morgan fingerprint density at radius 2 is 2.00 bits per heavy atom. The molecule has 1 aliphatic heterocycles. The standard InChI is InChI=1S/C23H21N3O3S/c1-28-20-5-3-2-4-17(20)19-13-25-22-18(19)10-15(12-24-22)16-11-21(30-14-16)23(27)26-6-8-29-9-7-26/h2-5,10-14H,6-9H2,1H3,(H,24,25). The van der Waals surface area contributed by atoms with Gasteiger partial charge in [-0.3, -0.25) is 4.79 Å². The summed E-state index contributed by atoms with van der Waals surface area (Å²) in [5.41, 5.74) is 4.85. The number of nitrogens with zero attached hydrogens (tertiary/aromatic N) is 2. The first-order chi connectivity index (χ1) is 14.7. The van der Waals surface area contributed by atoms with Crippen LogP contribution in [-0.4, -0.2) is 54.2 Å². The zero-order valence-corrected chi connectivity index (χ0v) is 17.4. The Morgan fingerprint density at radius 3 is 2.83 bits per heavy atom. The fraction of sp³-hybridized carbons (Fsp3) is 0.217. The lowest BCUT2D eigenvalue weighted by Crippen LogP contribution is -2.40. The van der Waals surface area contributed by atoms with Crippen molar-refractivity contribution in [1.82, 2.24) is 14.9 Å². The molecule has 0 radical (unpaired) electrons. The Morgan fingerprint density at radius 1 is 1.17 bits per heavy atom. The fourth-order valence-corrected chi connectivity index (χ4v) is 4.66. The van der Waals surface area contributed by atoms with Crippen molar-refractivity contribution in [3.63, 3.8) is 0 Å². The van der Waals surface area contributed by atoms with Gasteiger partial charge in [-0.15, -0.1) is 11.3 Å². The minimum Gasteiger partial charge on any atom is -0.496 e. The van der Waals surface area contributed by atoms with Crippen LogP contribution in [0, 0.1) is 0 Å². The van der Waals surface area contributed by atoms with Crippen LogP contribution < -0.4 is 4.74 Å². The molecular formula is C23H21N3O3S. The lowest BCUT2D eigenvalue weighted by Gasteiger charge is -2.26. The van der Waals surface area contributed by atoms with Crippen molar-refractivity contribution >= 4 is 28.3 Å². The van der Waals surface area contributed by atoms with Crippen LogP contribution in [-0.2, 0) is 4.74 Å². The quantitative estimate of drug-likeness (QED) is 0.531. The van der Waals surface area contributed by atoms with E-state index in [0.717, 1.165) is 43.9 Å². The predicted octanol–water partition coefficient (Wildman–Crippen LogP) is 4.44. The summed E-state index contributed by atoms with van der Waals surface area (Å²) in [6, 6.07) is 12.0. The van der Waals surface area contributed by atoms with Crippen LogP contribution in [0.5, 0.6) is 5.75 Å². The maximum absolute atomic E-state index is 12.8. The van der Waals surface area contributed by atoms with E-state index in [9.17, 15) is 4.79 Å². The number of methoxy groups -OCH3 is 1. The molecule has 1 aliphatic rings. The van der Waals surface area contributed by atoms with Crippen LogP contribution in [0.1, 0.15) is 9.67 Å². The molecule has 5 rings (SSSR count). The van der Waals surface area contributed by atoms with Crippen LogP contribution in [0.4, 0.5) is 0 Å². The number of carbonyl (C=O) groups excluding carboxylic acids is 1. The molecule has 0 spiro atoms. The van der Waals surface area contributed by atoms with E-state index >= 15 is 0 Å². The number of aromatic nitrogens is 2. The highest BCUT2D eigenvalue weighted by molar-refractivity contribution is 7.12. The number of morpholine rings is 1. The molecule has 1 aromatic carbocycles. The van der Waals surface area contributed by atoms with Gasteiger partial charge in [0.25, 0.3) is 5.91 Å². The number of fused-ring (bicyclic) bond motifs is 1. The molecule has 1 fully saturated rings. The Bertz CT molecular complexity index is 1210. The summed E-state index contributed by atoms with van der Waals surface area (Å²) in [4.78, 5) is 23.2. The number of carbonyl (C=O) groups is 1. The predicted molar refractivity (Wildman–Crippen MR) is 118 cm³/mol. The van der Waals surface area contributed by atoms with Crippen LogP contribution in [0.3, 0.4) is 0 Å². The Hall–Kier alpha value is -3.16. The Labute approximate surface area is 178 Å². The van der Waals surface area contributed by atoms with E-state index < -0.39 is 0 Å². The van der Waals surface area contributed by atoms with E-state index in [2.05, 4.69) is 16.0 Å². The molecule has 152 valence electrons. The molecule has 6 nitrogen and oxygen atoms in total. The molecule has 30 heavy (non-hydrogen) atoms. The van der Waals surface area contributed by atoms with Crippen LogP contribution in [0.25, 0.3) is 33.3 Å². The van der Waals surface area contributed by atoms with Crippen LogP contribution >= 0.6 is 11.3 Å². The van der Waals surface area contributed by atoms with Gasteiger partial charge in [0.2, 0.25) is 0 Å². The maximum Gasteiger partial charge on any atom is 0.264 e. The molecular weight excluding hydrogens is 398 g/mol. The second-order valence-electron chi connectivity index (χ2n) is 7.13. The number of pyridine rings is 1. The number of thiophene rings is 1. The zero-order valence-electron chi connectivity index (χ0n) is 16.6. The summed E-state index contributed by atoms with van der Waals surface area (Å²) in [5.74, 6) is 0.887. The molecule has 0 bridgehead atoms. The second-order valence-corrected chi connectivity index (χ2v) is 8.04. The minimum absolute atomic E-state index is 0.0694. The molecule has 4 aromatic rings. The number of para-hydroxylation sites is 1. The molecule has 0 unspecified atom stereocenters. The number of amides is 1. The summed E-state index contributed by atoms with van der Waals surface area (Å²) in [5, 5.41) is 3.04. The molecule has 1 amide bonds. The lowest BCUT2D eigenvalue weighted by molar-refractivity contribution is 0.0306. The topological polar surface area (TPSA) is 67.5 Å². The van der Waals surface area contributed by atoms with E-state index in [1.54, 1.807) is 7.11 Å². The van der Waals surface area contributed by atoms with E-state index in [4.69, 9.17) is 9.47 Å². The SMILES string of the molecule is COc1ccccc1-c1c[nH]c2ncc(-c3csc(C(=O)N4CCOCC4)c3)cc12. The van der Waals surface area contributed by atoms with E-state index in [-0.39, 0.29) is 5.91 Å². The average molecular weight is 420 g/mol. The van der Waals surface area contributed by atoms with Crippen molar-refractivity contribution in [2.75, 3.05) is 33.4 Å². The van der Waals surface area contributed by atoms with Gasteiger partial charge in [-0.2, -0.15) is 0 Å². The normalized spacial score (nSPS) is 14.2. The third kappa shape index (κ3) is 3.36. The zero-order chi connectivity index (χ0) is 20.5. The van der Waals surface area contributed by atoms with E-state index in [1.165, 1.54) is 11.3 Å². The van der Waals surface area contributed by atoms with Crippen molar-refractivity contribution in [3.8, 4) is 28.0 Å². The van der Waals surface area contributed by atoms with Crippen LogP contribution in [0.2, 0.25) is 0 Å². The highest BCUT2D eigenvalue weighted by Crippen LogP contribution is 2.36. The summed E-state index contributed by atoms with van der Waals surface area (Å²) in [6.45, 7) is 2.49. The van der Waals surface area contributed by atoms with Crippen LogP contribution in [0.15, 0.2) is 54.2 Å². The van der Waals surface area contributed by atoms with Gasteiger partial charge in [-0.05, 0) is 29.1 Å². The highest BCUT2D eigenvalue weighted by Gasteiger charge is 2.20. The van der Waals surface area contributed by atoms with Gasteiger partial charge in [-0.25, -0.2) is 4.98 Å². The number of H-pyrrole nitrogens is 1. The van der Waals surface area contributed by atoms with Crippen molar-refractivity contribution in [2.24, 2.45) is 0 Å². The van der Waals surface area contributed by atoms with Crippen molar-refractivity contribution in [3.05, 3.63) is 59.0 Å². The average Bonchev–Trinajstić information content (AvgIpc) is 3.46. The summed E-state index contributed by atoms with van der Waals surface area (Å²) in [6.07, 6.45) is 3.80. The van der Waals surface area contributed by atoms with Crippen molar-refractivity contribution in [2.45, 2.75) is 0 Å². The minimum atomic E-state index is 0.0694. The number of hydrogen-bond acceptors (Lipinski definition) is 5. The van der Waals surface area contributed by atoms with Gasteiger partial charge in [0.05, 0.1) is 25.2 Å². The Balaban J connectivity index is 1.50. The molecule has 0 atom stereocenters.